The molecule has 12 heavy (non-hydrogen) atoms. The summed E-state index contributed by atoms with van der Waals surface area (Å²) in [4.78, 5) is 6.78. The Morgan fingerprint density at radius 1 is 1.08 bits per heavy atom. The first-order chi connectivity index (χ1) is 5.60. The summed E-state index contributed by atoms with van der Waals surface area (Å²) < 4.78 is 0. The standard InChI is InChI=1S/C8H21ClN2Si/c1-5-7(3)10-12(9)11-8(4)6-2/h7-8,10-12H,5-6H2,1-4H3. The average molecular weight is 209 g/mol. The van der Waals surface area contributed by atoms with Gasteiger partial charge in [-0.15, -0.1) is 11.1 Å². The fraction of sp³-hybridized carbons (Fsp3) is 1.00. The first kappa shape index (κ1) is 12.4. The van der Waals surface area contributed by atoms with Crippen molar-refractivity contribution in [2.24, 2.45) is 0 Å². The molecule has 0 bridgehead atoms. The van der Waals surface area contributed by atoms with Crippen molar-refractivity contribution >= 4 is 19.5 Å². The minimum absolute atomic E-state index is 0.538. The van der Waals surface area contributed by atoms with Gasteiger partial charge in [0.05, 0.1) is 0 Å². The summed E-state index contributed by atoms with van der Waals surface area (Å²) >= 11 is 6.14. The second kappa shape index (κ2) is 6.89. The van der Waals surface area contributed by atoms with E-state index in [-0.39, 0.29) is 0 Å². The van der Waals surface area contributed by atoms with E-state index in [0.717, 1.165) is 12.8 Å². The van der Waals surface area contributed by atoms with E-state index in [1.807, 2.05) is 0 Å². The summed E-state index contributed by atoms with van der Waals surface area (Å²) in [7, 11) is -1.38. The van der Waals surface area contributed by atoms with Crippen LogP contribution in [0, 0.1) is 0 Å². The maximum absolute atomic E-state index is 6.14. The van der Waals surface area contributed by atoms with Gasteiger partial charge in [-0.25, -0.2) is 0 Å². The van der Waals surface area contributed by atoms with Gasteiger partial charge >= 0.3 is 0 Å². The summed E-state index contributed by atoms with van der Waals surface area (Å²) in [5.74, 6) is 0. The van der Waals surface area contributed by atoms with Gasteiger partial charge in [0.2, 0.25) is 0 Å². The van der Waals surface area contributed by atoms with Crippen molar-refractivity contribution in [3.05, 3.63) is 0 Å². The molecule has 0 fully saturated rings. The van der Waals surface area contributed by atoms with E-state index in [9.17, 15) is 0 Å². The van der Waals surface area contributed by atoms with Crippen LogP contribution in [-0.4, -0.2) is 20.5 Å². The zero-order valence-electron chi connectivity index (χ0n) is 8.52. The van der Waals surface area contributed by atoms with E-state index >= 15 is 0 Å². The lowest BCUT2D eigenvalue weighted by Crippen LogP contribution is -2.50. The molecule has 0 radical (unpaired) electrons. The fourth-order valence-corrected chi connectivity index (χ4v) is 3.64. The van der Waals surface area contributed by atoms with Crippen LogP contribution in [0.4, 0.5) is 0 Å². The van der Waals surface area contributed by atoms with Gasteiger partial charge in [-0.3, -0.25) is 0 Å². The molecule has 0 saturated carbocycles. The van der Waals surface area contributed by atoms with Crippen molar-refractivity contribution in [2.75, 3.05) is 0 Å². The van der Waals surface area contributed by atoms with E-state index in [0.29, 0.717) is 12.1 Å². The first-order valence-electron chi connectivity index (χ1n) is 4.76. The molecule has 2 N–H and O–H groups in total. The highest BCUT2D eigenvalue weighted by Crippen LogP contribution is 1.94. The molecule has 0 aliphatic heterocycles. The van der Waals surface area contributed by atoms with Crippen LogP contribution in [-0.2, 0) is 0 Å². The average Bonchev–Trinajstić information content (AvgIpc) is 2.03. The molecule has 2 unspecified atom stereocenters. The predicted molar refractivity (Wildman–Crippen MR) is 58.8 cm³/mol. The minimum atomic E-state index is -1.38. The number of hydrogen-bond acceptors (Lipinski definition) is 2. The number of halogens is 1. The third kappa shape index (κ3) is 6.00. The number of nitrogens with one attached hydrogen (secondary N) is 2. The van der Waals surface area contributed by atoms with Crippen molar-refractivity contribution in [1.29, 1.82) is 0 Å². The molecule has 0 spiro atoms. The van der Waals surface area contributed by atoms with Crippen LogP contribution >= 0.6 is 11.1 Å². The van der Waals surface area contributed by atoms with E-state index in [4.69, 9.17) is 11.1 Å². The van der Waals surface area contributed by atoms with Crippen molar-refractivity contribution in [1.82, 2.24) is 9.96 Å². The molecular formula is C8H21ClN2Si. The molecule has 0 heterocycles. The lowest BCUT2D eigenvalue weighted by molar-refractivity contribution is 0.610. The van der Waals surface area contributed by atoms with Crippen molar-refractivity contribution < 1.29 is 0 Å². The van der Waals surface area contributed by atoms with E-state index in [2.05, 4.69) is 37.7 Å². The van der Waals surface area contributed by atoms with Crippen LogP contribution < -0.4 is 9.96 Å². The normalized spacial score (nSPS) is 18.8. The molecular weight excluding hydrogens is 188 g/mol. The number of hydrogen-bond donors (Lipinski definition) is 2. The summed E-state index contributed by atoms with van der Waals surface area (Å²) in [5.41, 5.74) is 0. The third-order valence-electron chi connectivity index (χ3n) is 2.09. The molecule has 0 aromatic heterocycles. The Balaban J connectivity index is 3.51. The summed E-state index contributed by atoms with van der Waals surface area (Å²) in [5, 5.41) is 0. The fourth-order valence-electron chi connectivity index (χ4n) is 0.783. The number of rotatable bonds is 6. The summed E-state index contributed by atoms with van der Waals surface area (Å²) in [6, 6.07) is 1.08. The predicted octanol–water partition coefficient (Wildman–Crippen LogP) is 1.72. The molecule has 2 atom stereocenters. The van der Waals surface area contributed by atoms with Gasteiger partial charge in [0.25, 0.3) is 8.43 Å². The topological polar surface area (TPSA) is 24.1 Å². The summed E-state index contributed by atoms with van der Waals surface area (Å²) in [6.07, 6.45) is 2.27. The molecule has 74 valence electrons. The second-order valence-electron chi connectivity index (χ2n) is 3.31. The van der Waals surface area contributed by atoms with E-state index < -0.39 is 8.43 Å². The molecule has 0 aliphatic rings. The van der Waals surface area contributed by atoms with Gasteiger partial charge in [-0.2, -0.15) is 0 Å². The van der Waals surface area contributed by atoms with Gasteiger partial charge in [-0.1, -0.05) is 27.7 Å². The molecule has 4 heteroatoms. The largest absolute Gasteiger partial charge is 0.313 e. The molecule has 0 saturated heterocycles. The zero-order valence-corrected chi connectivity index (χ0v) is 10.4. The van der Waals surface area contributed by atoms with Gasteiger partial charge in [-0.05, 0) is 24.9 Å². The molecule has 0 rings (SSSR count). The molecule has 0 aliphatic carbocycles. The van der Waals surface area contributed by atoms with Crippen LogP contribution in [0.3, 0.4) is 0 Å². The molecule has 2 nitrogen and oxygen atoms in total. The Bertz CT molecular complexity index is 101. The van der Waals surface area contributed by atoms with Crippen molar-refractivity contribution in [3.8, 4) is 0 Å². The lowest BCUT2D eigenvalue weighted by atomic mass is 10.3. The highest BCUT2D eigenvalue weighted by Gasteiger charge is 2.11. The van der Waals surface area contributed by atoms with Crippen LogP contribution in [0.2, 0.25) is 0 Å². The third-order valence-corrected chi connectivity index (χ3v) is 4.57. The van der Waals surface area contributed by atoms with E-state index in [1.165, 1.54) is 0 Å². The van der Waals surface area contributed by atoms with E-state index in [1.54, 1.807) is 0 Å². The quantitative estimate of drug-likeness (QED) is 0.513. The second-order valence-corrected chi connectivity index (χ2v) is 6.02. The Morgan fingerprint density at radius 3 is 1.67 bits per heavy atom. The SMILES string of the molecule is CCC(C)N[SiH](Cl)NC(C)CC. The maximum Gasteiger partial charge on any atom is 0.286 e. The highest BCUT2D eigenvalue weighted by molar-refractivity contribution is 7.04. The van der Waals surface area contributed by atoms with Gasteiger partial charge < -0.3 is 9.96 Å². The molecule has 0 amide bonds. The van der Waals surface area contributed by atoms with Gasteiger partial charge in [0.1, 0.15) is 0 Å². The van der Waals surface area contributed by atoms with Gasteiger partial charge in [0.15, 0.2) is 0 Å². The monoisotopic (exact) mass is 208 g/mol. The van der Waals surface area contributed by atoms with Crippen LogP contribution in [0.5, 0.6) is 0 Å². The molecule has 0 aromatic rings. The van der Waals surface area contributed by atoms with Crippen molar-refractivity contribution in [3.63, 3.8) is 0 Å². The maximum atomic E-state index is 6.14. The smallest absolute Gasteiger partial charge is 0.286 e. The first-order valence-corrected chi connectivity index (χ1v) is 7.66. The lowest BCUT2D eigenvalue weighted by Gasteiger charge is -2.19. The van der Waals surface area contributed by atoms with Crippen molar-refractivity contribution in [2.45, 2.75) is 52.6 Å². The minimum Gasteiger partial charge on any atom is -0.313 e. The van der Waals surface area contributed by atoms with Crippen LogP contribution in [0.25, 0.3) is 0 Å². The van der Waals surface area contributed by atoms with Crippen LogP contribution in [0.15, 0.2) is 0 Å². The Morgan fingerprint density at radius 2 is 1.42 bits per heavy atom. The molecule has 0 aromatic carbocycles. The Labute approximate surface area is 82.5 Å². The Hall–Kier alpha value is 0.427. The highest BCUT2D eigenvalue weighted by atomic mass is 35.6. The van der Waals surface area contributed by atoms with Gasteiger partial charge in [0, 0.05) is 0 Å². The Kier molecular flexibility index (Phi) is 7.14. The zero-order chi connectivity index (χ0) is 9.56. The summed E-state index contributed by atoms with van der Waals surface area (Å²) in [6.45, 7) is 8.67. The van der Waals surface area contributed by atoms with Crippen LogP contribution in [0.1, 0.15) is 40.5 Å².